The van der Waals surface area contributed by atoms with Crippen molar-refractivity contribution in [3.05, 3.63) is 12.3 Å². The Morgan fingerprint density at radius 3 is 1.26 bits per heavy atom. The van der Waals surface area contributed by atoms with E-state index in [2.05, 4.69) is 20.4 Å². The molecule has 0 aliphatic carbocycles. The van der Waals surface area contributed by atoms with Gasteiger partial charge in [-0.25, -0.2) is 0 Å². The average Bonchev–Trinajstić information content (AvgIpc) is 2.57. The van der Waals surface area contributed by atoms with Crippen LogP contribution < -0.4 is 0 Å². The van der Waals surface area contributed by atoms with Crippen molar-refractivity contribution in [1.29, 1.82) is 0 Å². The summed E-state index contributed by atoms with van der Waals surface area (Å²) in [6.07, 6.45) is 23.6. The Labute approximate surface area is 147 Å². The lowest BCUT2D eigenvalue weighted by Gasteiger charge is -2.06. The highest BCUT2D eigenvalue weighted by Crippen LogP contribution is 2.13. The molecule has 1 nitrogen and oxygen atoms in total. The molecule has 0 spiro atoms. The van der Waals surface area contributed by atoms with E-state index in [1.807, 2.05) is 0 Å². The van der Waals surface area contributed by atoms with Crippen LogP contribution >= 0.6 is 0 Å². The molecule has 0 aliphatic heterocycles. The monoisotopic (exact) mass is 324 g/mol. The lowest BCUT2D eigenvalue weighted by atomic mass is 10.0. The molecule has 0 aromatic rings. The van der Waals surface area contributed by atoms with Crippen molar-refractivity contribution in [2.75, 3.05) is 6.61 Å². The standard InChI is InChI=1S/C22H44O/c1-4-6-7-8-9-10-11-12-13-14-15-16-17-18-19-20-21-23-22(3)5-2/h3-21H2,1-2H3. The van der Waals surface area contributed by atoms with Crippen molar-refractivity contribution in [3.63, 3.8) is 0 Å². The Balaban J connectivity index is 2.99. The Kier molecular flexibility index (Phi) is 19.2. The maximum absolute atomic E-state index is 5.52. The van der Waals surface area contributed by atoms with Crippen LogP contribution in [0.1, 0.15) is 123 Å². The van der Waals surface area contributed by atoms with Gasteiger partial charge >= 0.3 is 0 Å². The summed E-state index contributed by atoms with van der Waals surface area (Å²) in [7, 11) is 0. The predicted molar refractivity (Wildman–Crippen MR) is 105 cm³/mol. The zero-order valence-electron chi connectivity index (χ0n) is 16.3. The van der Waals surface area contributed by atoms with Crippen molar-refractivity contribution >= 4 is 0 Å². The number of hydrogen-bond acceptors (Lipinski definition) is 1. The molecule has 0 aliphatic rings. The molecule has 0 aromatic carbocycles. The van der Waals surface area contributed by atoms with Crippen molar-refractivity contribution in [2.24, 2.45) is 0 Å². The fraction of sp³-hybridized carbons (Fsp3) is 0.909. The first kappa shape index (κ1) is 22.5. The molecule has 0 aromatic heterocycles. The lowest BCUT2D eigenvalue weighted by molar-refractivity contribution is 0.199. The minimum Gasteiger partial charge on any atom is -0.499 e. The van der Waals surface area contributed by atoms with Gasteiger partial charge in [-0.3, -0.25) is 0 Å². The van der Waals surface area contributed by atoms with Gasteiger partial charge in [0.2, 0.25) is 0 Å². The highest BCUT2D eigenvalue weighted by molar-refractivity contribution is 4.79. The van der Waals surface area contributed by atoms with E-state index in [0.29, 0.717) is 0 Å². The zero-order chi connectivity index (χ0) is 17.0. The van der Waals surface area contributed by atoms with Crippen LogP contribution in [0.5, 0.6) is 0 Å². The number of ether oxygens (including phenoxy) is 1. The molecular formula is C22H44O. The molecule has 0 bridgehead atoms. The summed E-state index contributed by atoms with van der Waals surface area (Å²) in [4.78, 5) is 0. The van der Waals surface area contributed by atoms with E-state index in [0.717, 1.165) is 18.8 Å². The maximum Gasteiger partial charge on any atom is 0.0885 e. The van der Waals surface area contributed by atoms with E-state index in [9.17, 15) is 0 Å². The topological polar surface area (TPSA) is 9.23 Å². The maximum atomic E-state index is 5.52. The Bertz CT molecular complexity index is 234. The highest BCUT2D eigenvalue weighted by Gasteiger charge is 1.95. The molecule has 0 amide bonds. The van der Waals surface area contributed by atoms with E-state index >= 15 is 0 Å². The summed E-state index contributed by atoms with van der Waals surface area (Å²) >= 11 is 0. The van der Waals surface area contributed by atoms with Crippen LogP contribution in [0.3, 0.4) is 0 Å². The van der Waals surface area contributed by atoms with Gasteiger partial charge in [0.25, 0.3) is 0 Å². The van der Waals surface area contributed by atoms with Gasteiger partial charge in [0.15, 0.2) is 0 Å². The van der Waals surface area contributed by atoms with Crippen LogP contribution in [0.2, 0.25) is 0 Å². The summed E-state index contributed by atoms with van der Waals surface area (Å²) in [5, 5.41) is 0. The van der Waals surface area contributed by atoms with Gasteiger partial charge in [-0.1, -0.05) is 117 Å². The van der Waals surface area contributed by atoms with Crippen LogP contribution in [0, 0.1) is 0 Å². The van der Waals surface area contributed by atoms with Crippen molar-refractivity contribution in [3.8, 4) is 0 Å². The minimum absolute atomic E-state index is 0.866. The normalized spacial score (nSPS) is 10.9. The number of unbranched alkanes of at least 4 members (excludes halogenated alkanes) is 15. The van der Waals surface area contributed by atoms with E-state index in [1.165, 1.54) is 103 Å². The summed E-state index contributed by atoms with van der Waals surface area (Å²) in [5.74, 6) is 0.936. The Hall–Kier alpha value is -0.460. The van der Waals surface area contributed by atoms with Crippen LogP contribution in [-0.4, -0.2) is 6.61 Å². The Morgan fingerprint density at radius 1 is 0.565 bits per heavy atom. The van der Waals surface area contributed by atoms with E-state index in [1.54, 1.807) is 0 Å². The average molecular weight is 325 g/mol. The highest BCUT2D eigenvalue weighted by atomic mass is 16.5. The molecular weight excluding hydrogens is 280 g/mol. The van der Waals surface area contributed by atoms with E-state index in [-0.39, 0.29) is 0 Å². The summed E-state index contributed by atoms with van der Waals surface area (Å²) in [6.45, 7) is 9.11. The van der Waals surface area contributed by atoms with E-state index in [4.69, 9.17) is 4.74 Å². The third kappa shape index (κ3) is 19.5. The zero-order valence-corrected chi connectivity index (χ0v) is 16.3. The largest absolute Gasteiger partial charge is 0.499 e. The first-order valence-electron chi connectivity index (χ1n) is 10.6. The number of allylic oxidation sites excluding steroid dienone is 1. The first-order chi connectivity index (χ1) is 11.3. The molecule has 0 heterocycles. The molecule has 138 valence electrons. The SMILES string of the molecule is C=C(CC)OCCCCCCCCCCCCCCCCCC. The molecule has 0 saturated heterocycles. The van der Waals surface area contributed by atoms with Crippen molar-refractivity contribution in [1.82, 2.24) is 0 Å². The van der Waals surface area contributed by atoms with Gasteiger partial charge in [0.1, 0.15) is 0 Å². The molecule has 0 fully saturated rings. The molecule has 1 heteroatoms. The van der Waals surface area contributed by atoms with Gasteiger partial charge in [-0.15, -0.1) is 0 Å². The van der Waals surface area contributed by atoms with Crippen LogP contribution in [0.4, 0.5) is 0 Å². The van der Waals surface area contributed by atoms with Crippen molar-refractivity contribution in [2.45, 2.75) is 123 Å². The molecule has 0 rings (SSSR count). The summed E-state index contributed by atoms with van der Waals surface area (Å²) in [6, 6.07) is 0. The first-order valence-corrected chi connectivity index (χ1v) is 10.6. The van der Waals surface area contributed by atoms with Gasteiger partial charge in [0.05, 0.1) is 12.4 Å². The summed E-state index contributed by atoms with van der Waals surface area (Å²) in [5.41, 5.74) is 0. The predicted octanol–water partition coefficient (Wildman–Crippen LogP) is 8.19. The lowest BCUT2D eigenvalue weighted by Crippen LogP contribution is -1.93. The van der Waals surface area contributed by atoms with Crippen LogP contribution in [-0.2, 0) is 4.74 Å². The van der Waals surface area contributed by atoms with Gasteiger partial charge in [-0.05, 0) is 6.42 Å². The van der Waals surface area contributed by atoms with Gasteiger partial charge < -0.3 is 4.74 Å². The molecule has 0 saturated carbocycles. The third-order valence-corrected chi connectivity index (χ3v) is 4.70. The smallest absolute Gasteiger partial charge is 0.0885 e. The van der Waals surface area contributed by atoms with Crippen LogP contribution in [0.25, 0.3) is 0 Å². The minimum atomic E-state index is 0.866. The van der Waals surface area contributed by atoms with E-state index < -0.39 is 0 Å². The van der Waals surface area contributed by atoms with Gasteiger partial charge in [0, 0.05) is 6.42 Å². The van der Waals surface area contributed by atoms with Crippen LogP contribution in [0.15, 0.2) is 12.3 Å². The second kappa shape index (κ2) is 19.6. The molecule has 0 atom stereocenters. The number of rotatable bonds is 19. The summed E-state index contributed by atoms with van der Waals surface area (Å²) < 4.78 is 5.52. The second-order valence-corrected chi connectivity index (χ2v) is 7.04. The fourth-order valence-electron chi connectivity index (χ4n) is 2.97. The number of hydrogen-bond donors (Lipinski definition) is 0. The molecule has 0 N–H and O–H groups in total. The molecule has 0 unspecified atom stereocenters. The van der Waals surface area contributed by atoms with Gasteiger partial charge in [-0.2, -0.15) is 0 Å². The van der Waals surface area contributed by atoms with Crippen molar-refractivity contribution < 1.29 is 4.74 Å². The molecule has 0 radical (unpaired) electrons. The fourth-order valence-corrected chi connectivity index (χ4v) is 2.97. The quantitative estimate of drug-likeness (QED) is 0.172. The third-order valence-electron chi connectivity index (χ3n) is 4.70. The second-order valence-electron chi connectivity index (χ2n) is 7.04. The molecule has 23 heavy (non-hydrogen) atoms. The Morgan fingerprint density at radius 2 is 0.913 bits per heavy atom.